The zero-order chi connectivity index (χ0) is 16.1. The van der Waals surface area contributed by atoms with Crippen molar-refractivity contribution in [1.29, 1.82) is 0 Å². The number of nitrogens with one attached hydrogen (secondary N) is 1. The summed E-state index contributed by atoms with van der Waals surface area (Å²) in [5.41, 5.74) is 0.670. The standard InChI is InChI=1S/C16H14FN3O2S/c17-12-5-3-11(4-6-12)16-19-15(22-20-16)8-7-14(21)18-10-13-2-1-9-23-13/h1-6,9H,7-8,10H2,(H,18,21). The summed E-state index contributed by atoms with van der Waals surface area (Å²) in [5, 5.41) is 8.65. The van der Waals surface area contributed by atoms with Crippen molar-refractivity contribution in [2.24, 2.45) is 0 Å². The Labute approximate surface area is 136 Å². The van der Waals surface area contributed by atoms with Gasteiger partial charge in [0.1, 0.15) is 5.82 Å². The predicted molar refractivity (Wildman–Crippen MR) is 84.2 cm³/mol. The fourth-order valence-corrected chi connectivity index (χ4v) is 2.62. The monoisotopic (exact) mass is 331 g/mol. The number of carbonyl (C=O) groups is 1. The SMILES string of the molecule is O=C(CCc1nc(-c2ccc(F)cc2)no1)NCc1cccs1. The van der Waals surface area contributed by atoms with Crippen molar-refractivity contribution >= 4 is 17.2 Å². The van der Waals surface area contributed by atoms with Crippen molar-refractivity contribution < 1.29 is 13.7 Å². The van der Waals surface area contributed by atoms with Crippen molar-refractivity contribution in [3.05, 3.63) is 58.4 Å². The van der Waals surface area contributed by atoms with E-state index in [4.69, 9.17) is 4.52 Å². The van der Waals surface area contributed by atoms with Gasteiger partial charge in [-0.2, -0.15) is 4.98 Å². The molecule has 1 aromatic carbocycles. The van der Waals surface area contributed by atoms with Crippen LogP contribution in [-0.2, 0) is 17.8 Å². The normalized spacial score (nSPS) is 10.7. The van der Waals surface area contributed by atoms with E-state index in [1.54, 1.807) is 23.5 Å². The van der Waals surface area contributed by atoms with Crippen molar-refractivity contribution in [3.63, 3.8) is 0 Å². The van der Waals surface area contributed by atoms with Crippen LogP contribution in [-0.4, -0.2) is 16.0 Å². The molecule has 0 saturated carbocycles. The summed E-state index contributed by atoms with van der Waals surface area (Å²) < 4.78 is 18.0. The smallest absolute Gasteiger partial charge is 0.227 e. The summed E-state index contributed by atoms with van der Waals surface area (Å²) in [6.45, 7) is 0.529. The van der Waals surface area contributed by atoms with E-state index in [9.17, 15) is 9.18 Å². The molecule has 23 heavy (non-hydrogen) atoms. The molecule has 5 nitrogen and oxygen atoms in total. The largest absolute Gasteiger partial charge is 0.351 e. The molecule has 0 spiro atoms. The van der Waals surface area contributed by atoms with Crippen LogP contribution < -0.4 is 5.32 Å². The van der Waals surface area contributed by atoms with E-state index in [-0.39, 0.29) is 18.1 Å². The molecule has 3 rings (SSSR count). The van der Waals surface area contributed by atoms with Crippen molar-refractivity contribution in [3.8, 4) is 11.4 Å². The molecule has 0 aliphatic heterocycles. The van der Waals surface area contributed by atoms with Crippen LogP contribution >= 0.6 is 11.3 Å². The first-order valence-electron chi connectivity index (χ1n) is 7.08. The van der Waals surface area contributed by atoms with Crippen LogP contribution in [0.3, 0.4) is 0 Å². The van der Waals surface area contributed by atoms with E-state index in [0.29, 0.717) is 30.2 Å². The molecular weight excluding hydrogens is 317 g/mol. The average Bonchev–Trinajstić information content (AvgIpc) is 3.23. The zero-order valence-corrected chi connectivity index (χ0v) is 13.0. The summed E-state index contributed by atoms with van der Waals surface area (Å²) in [6.07, 6.45) is 0.640. The third kappa shape index (κ3) is 4.23. The second-order valence-electron chi connectivity index (χ2n) is 4.87. The number of nitrogens with zero attached hydrogens (tertiary/aromatic N) is 2. The average molecular weight is 331 g/mol. The number of carbonyl (C=O) groups excluding carboxylic acids is 1. The van der Waals surface area contributed by atoms with Crippen LogP contribution in [0, 0.1) is 5.82 Å². The molecule has 0 aliphatic carbocycles. The fourth-order valence-electron chi connectivity index (χ4n) is 1.98. The lowest BCUT2D eigenvalue weighted by molar-refractivity contribution is -0.121. The number of amides is 1. The van der Waals surface area contributed by atoms with Crippen LogP contribution in [0.5, 0.6) is 0 Å². The minimum absolute atomic E-state index is 0.0695. The molecule has 0 bridgehead atoms. The summed E-state index contributed by atoms with van der Waals surface area (Å²) in [5.74, 6) is 0.384. The number of aromatic nitrogens is 2. The molecule has 0 radical (unpaired) electrons. The first-order chi connectivity index (χ1) is 11.2. The number of hydrogen-bond donors (Lipinski definition) is 1. The Hall–Kier alpha value is -2.54. The highest BCUT2D eigenvalue weighted by molar-refractivity contribution is 7.09. The quantitative estimate of drug-likeness (QED) is 0.753. The molecule has 1 N–H and O–H groups in total. The van der Waals surface area contributed by atoms with E-state index in [0.717, 1.165) is 4.88 Å². The minimum atomic E-state index is -0.320. The van der Waals surface area contributed by atoms with Gasteiger partial charge in [0.25, 0.3) is 0 Å². The Morgan fingerprint density at radius 1 is 1.26 bits per heavy atom. The highest BCUT2D eigenvalue weighted by atomic mass is 32.1. The van der Waals surface area contributed by atoms with Gasteiger partial charge >= 0.3 is 0 Å². The number of hydrogen-bond acceptors (Lipinski definition) is 5. The zero-order valence-electron chi connectivity index (χ0n) is 12.2. The van der Waals surface area contributed by atoms with Gasteiger partial charge in [0.2, 0.25) is 17.6 Å². The number of halogens is 1. The van der Waals surface area contributed by atoms with Crippen LogP contribution in [0.1, 0.15) is 17.2 Å². The molecule has 0 aliphatic rings. The van der Waals surface area contributed by atoms with Crippen molar-refractivity contribution in [1.82, 2.24) is 15.5 Å². The molecule has 0 saturated heterocycles. The number of rotatable bonds is 6. The van der Waals surface area contributed by atoms with Gasteiger partial charge in [-0.1, -0.05) is 11.2 Å². The predicted octanol–water partition coefficient (Wildman–Crippen LogP) is 3.19. The third-order valence-corrected chi connectivity index (χ3v) is 4.05. The lowest BCUT2D eigenvalue weighted by atomic mass is 10.2. The van der Waals surface area contributed by atoms with E-state index < -0.39 is 0 Å². The summed E-state index contributed by atoms with van der Waals surface area (Å²) in [7, 11) is 0. The number of aryl methyl sites for hydroxylation is 1. The van der Waals surface area contributed by atoms with Crippen LogP contribution in [0.15, 0.2) is 46.3 Å². The molecule has 2 heterocycles. The highest BCUT2D eigenvalue weighted by Crippen LogP contribution is 2.16. The Balaban J connectivity index is 1.50. The maximum Gasteiger partial charge on any atom is 0.227 e. The van der Waals surface area contributed by atoms with Crippen molar-refractivity contribution in [2.75, 3.05) is 0 Å². The van der Waals surface area contributed by atoms with Gasteiger partial charge in [-0.05, 0) is 35.7 Å². The Morgan fingerprint density at radius 3 is 2.83 bits per heavy atom. The van der Waals surface area contributed by atoms with Gasteiger partial charge in [-0.25, -0.2) is 4.39 Å². The van der Waals surface area contributed by atoms with E-state index >= 15 is 0 Å². The maximum atomic E-state index is 12.9. The Kier molecular flexibility index (Phi) is 4.77. The van der Waals surface area contributed by atoms with E-state index in [1.165, 1.54) is 12.1 Å². The Morgan fingerprint density at radius 2 is 2.09 bits per heavy atom. The van der Waals surface area contributed by atoms with Gasteiger partial charge in [0.15, 0.2) is 0 Å². The summed E-state index contributed by atoms with van der Waals surface area (Å²) in [4.78, 5) is 17.1. The molecular formula is C16H14FN3O2S. The fraction of sp³-hybridized carbons (Fsp3) is 0.188. The molecule has 7 heteroatoms. The van der Waals surface area contributed by atoms with Crippen molar-refractivity contribution in [2.45, 2.75) is 19.4 Å². The van der Waals surface area contributed by atoms with E-state index in [2.05, 4.69) is 15.5 Å². The molecule has 118 valence electrons. The van der Waals surface area contributed by atoms with E-state index in [1.807, 2.05) is 17.5 Å². The summed E-state index contributed by atoms with van der Waals surface area (Å²) >= 11 is 1.60. The van der Waals surface area contributed by atoms with Gasteiger partial charge in [0, 0.05) is 23.3 Å². The third-order valence-electron chi connectivity index (χ3n) is 3.18. The van der Waals surface area contributed by atoms with Crippen LogP contribution in [0.2, 0.25) is 0 Å². The van der Waals surface area contributed by atoms with Gasteiger partial charge in [0.05, 0.1) is 6.54 Å². The number of thiophene rings is 1. The molecule has 0 atom stereocenters. The highest BCUT2D eigenvalue weighted by Gasteiger charge is 2.11. The lowest BCUT2D eigenvalue weighted by Crippen LogP contribution is -2.22. The first kappa shape index (κ1) is 15.4. The maximum absolute atomic E-state index is 12.9. The molecule has 3 aromatic rings. The first-order valence-corrected chi connectivity index (χ1v) is 7.96. The number of benzene rings is 1. The molecule has 1 amide bonds. The van der Waals surface area contributed by atoms with Gasteiger partial charge in [-0.3, -0.25) is 4.79 Å². The van der Waals surface area contributed by atoms with Crippen LogP contribution in [0.25, 0.3) is 11.4 Å². The lowest BCUT2D eigenvalue weighted by Gasteiger charge is -2.01. The second-order valence-corrected chi connectivity index (χ2v) is 5.91. The molecule has 2 aromatic heterocycles. The van der Waals surface area contributed by atoms with Crippen LogP contribution in [0.4, 0.5) is 4.39 Å². The van der Waals surface area contributed by atoms with Gasteiger partial charge < -0.3 is 9.84 Å². The second kappa shape index (κ2) is 7.15. The molecule has 0 fully saturated rings. The Bertz CT molecular complexity index is 769. The summed E-state index contributed by atoms with van der Waals surface area (Å²) in [6, 6.07) is 9.75. The minimum Gasteiger partial charge on any atom is -0.351 e. The van der Waals surface area contributed by atoms with Gasteiger partial charge in [-0.15, -0.1) is 11.3 Å². The molecule has 0 unspecified atom stereocenters. The topological polar surface area (TPSA) is 68.0 Å².